The summed E-state index contributed by atoms with van der Waals surface area (Å²) >= 11 is 3.51. The molecule has 1 aromatic rings. The minimum Gasteiger partial charge on any atom is -0.467 e. The fraction of sp³-hybridized carbons (Fsp3) is 0.600. The van der Waals surface area contributed by atoms with Crippen molar-refractivity contribution in [3.8, 4) is 5.75 Å². The first-order valence-corrected chi connectivity index (χ1v) is 7.83. The summed E-state index contributed by atoms with van der Waals surface area (Å²) in [7, 11) is 0. The number of halogens is 1. The molecular formula is C15H20BrNO2. The highest BCUT2D eigenvalue weighted by Crippen LogP contribution is 2.29. The van der Waals surface area contributed by atoms with Crippen LogP contribution < -0.4 is 10.1 Å². The number of rotatable bonds is 8. The molecule has 3 rings (SSSR count). The summed E-state index contributed by atoms with van der Waals surface area (Å²) < 4.78 is 12.4. The van der Waals surface area contributed by atoms with Crippen LogP contribution >= 0.6 is 15.9 Å². The van der Waals surface area contributed by atoms with Gasteiger partial charge >= 0.3 is 0 Å². The third kappa shape index (κ3) is 4.48. The van der Waals surface area contributed by atoms with Crippen LogP contribution in [0.2, 0.25) is 0 Å². The summed E-state index contributed by atoms with van der Waals surface area (Å²) in [4.78, 5) is 0. The highest BCUT2D eigenvalue weighted by molar-refractivity contribution is 9.10. The van der Waals surface area contributed by atoms with E-state index in [4.69, 9.17) is 9.47 Å². The Bertz CT molecular complexity index is 430. The van der Waals surface area contributed by atoms with Crippen LogP contribution in [0.4, 0.5) is 0 Å². The van der Waals surface area contributed by atoms with Gasteiger partial charge in [-0.15, -0.1) is 0 Å². The number of benzene rings is 1. The van der Waals surface area contributed by atoms with E-state index in [1.165, 1.54) is 31.2 Å². The molecule has 0 aromatic heterocycles. The van der Waals surface area contributed by atoms with Gasteiger partial charge in [0.2, 0.25) is 0 Å². The van der Waals surface area contributed by atoms with Gasteiger partial charge in [0, 0.05) is 22.6 Å². The first kappa shape index (κ1) is 13.4. The predicted octanol–water partition coefficient (Wildman–Crippen LogP) is 3.46. The first-order chi connectivity index (χ1) is 9.31. The molecule has 0 radical (unpaired) electrons. The van der Waals surface area contributed by atoms with Crippen molar-refractivity contribution < 1.29 is 9.47 Å². The molecule has 0 heterocycles. The second-order valence-electron chi connectivity index (χ2n) is 5.48. The monoisotopic (exact) mass is 325 g/mol. The minimum absolute atomic E-state index is 0.356. The van der Waals surface area contributed by atoms with Crippen molar-refractivity contribution >= 4 is 15.9 Å². The Morgan fingerprint density at radius 3 is 2.79 bits per heavy atom. The van der Waals surface area contributed by atoms with E-state index in [9.17, 15) is 0 Å². The largest absolute Gasteiger partial charge is 0.467 e. The lowest BCUT2D eigenvalue weighted by Gasteiger charge is -2.12. The molecule has 19 heavy (non-hydrogen) atoms. The molecule has 1 aromatic carbocycles. The molecule has 2 aliphatic carbocycles. The Hall–Kier alpha value is -0.580. The second kappa shape index (κ2) is 6.25. The van der Waals surface area contributed by atoms with Crippen molar-refractivity contribution in [2.45, 2.75) is 38.3 Å². The van der Waals surface area contributed by atoms with Gasteiger partial charge in [0.1, 0.15) is 5.75 Å². The zero-order valence-corrected chi connectivity index (χ0v) is 12.6. The zero-order valence-electron chi connectivity index (χ0n) is 11.0. The maximum absolute atomic E-state index is 5.74. The van der Waals surface area contributed by atoms with Gasteiger partial charge in [-0.05, 0) is 49.8 Å². The molecule has 0 spiro atoms. The maximum atomic E-state index is 5.74. The lowest BCUT2D eigenvalue weighted by molar-refractivity contribution is 0.00941. The van der Waals surface area contributed by atoms with Crippen LogP contribution in [0, 0.1) is 5.92 Å². The van der Waals surface area contributed by atoms with Crippen LogP contribution in [0.5, 0.6) is 5.75 Å². The van der Waals surface area contributed by atoms with E-state index in [2.05, 4.69) is 27.3 Å². The fourth-order valence-electron chi connectivity index (χ4n) is 1.97. The number of hydrogen-bond acceptors (Lipinski definition) is 3. The Morgan fingerprint density at radius 2 is 2.05 bits per heavy atom. The molecule has 2 aliphatic rings. The van der Waals surface area contributed by atoms with Gasteiger partial charge in [-0.1, -0.05) is 15.9 Å². The smallest absolute Gasteiger partial charge is 0.189 e. The van der Waals surface area contributed by atoms with Crippen LogP contribution in [0.1, 0.15) is 31.2 Å². The van der Waals surface area contributed by atoms with E-state index in [1.807, 2.05) is 12.1 Å². The molecule has 0 atom stereocenters. The molecule has 0 saturated heterocycles. The fourth-order valence-corrected chi connectivity index (χ4v) is 2.38. The minimum atomic E-state index is 0.356. The molecule has 2 fully saturated rings. The van der Waals surface area contributed by atoms with Crippen LogP contribution in [-0.4, -0.2) is 19.4 Å². The molecular weight excluding hydrogens is 306 g/mol. The van der Waals surface area contributed by atoms with Gasteiger partial charge in [0.15, 0.2) is 6.79 Å². The SMILES string of the molecule is Brc1ccc(OCOCC2CC2)c(CNC2CC2)c1. The van der Waals surface area contributed by atoms with Crippen LogP contribution in [0.15, 0.2) is 22.7 Å². The molecule has 0 unspecified atom stereocenters. The number of ether oxygens (including phenoxy) is 2. The number of nitrogens with one attached hydrogen (secondary N) is 1. The molecule has 0 bridgehead atoms. The van der Waals surface area contributed by atoms with Crippen molar-refractivity contribution in [3.05, 3.63) is 28.2 Å². The summed E-state index contributed by atoms with van der Waals surface area (Å²) in [6, 6.07) is 6.84. The molecule has 1 N–H and O–H groups in total. The van der Waals surface area contributed by atoms with E-state index in [0.29, 0.717) is 12.8 Å². The van der Waals surface area contributed by atoms with Crippen molar-refractivity contribution in [3.63, 3.8) is 0 Å². The van der Waals surface area contributed by atoms with Crippen molar-refractivity contribution in [1.29, 1.82) is 0 Å². The molecule has 3 nitrogen and oxygen atoms in total. The van der Waals surface area contributed by atoms with Crippen molar-refractivity contribution in [1.82, 2.24) is 5.32 Å². The standard InChI is InChI=1S/C15H20BrNO2/c16-13-3-6-15(19-10-18-9-11-1-2-11)12(7-13)8-17-14-4-5-14/h3,6-7,11,14,17H,1-2,4-5,8-10H2. The summed E-state index contributed by atoms with van der Waals surface area (Å²) in [6.07, 6.45) is 5.23. The van der Waals surface area contributed by atoms with Gasteiger partial charge in [-0.2, -0.15) is 0 Å². The zero-order chi connectivity index (χ0) is 13.1. The highest BCUT2D eigenvalue weighted by atomic mass is 79.9. The molecule has 0 amide bonds. The van der Waals surface area contributed by atoms with Gasteiger partial charge in [-0.3, -0.25) is 0 Å². The Kier molecular flexibility index (Phi) is 4.41. The summed E-state index contributed by atoms with van der Waals surface area (Å²) in [5.41, 5.74) is 1.19. The quantitative estimate of drug-likeness (QED) is 0.586. The van der Waals surface area contributed by atoms with E-state index in [0.717, 1.165) is 29.3 Å². The van der Waals surface area contributed by atoms with E-state index in [1.54, 1.807) is 0 Å². The third-order valence-electron chi connectivity index (χ3n) is 3.53. The van der Waals surface area contributed by atoms with Crippen LogP contribution in [0.3, 0.4) is 0 Å². The molecule has 4 heteroatoms. The lowest BCUT2D eigenvalue weighted by atomic mass is 10.2. The van der Waals surface area contributed by atoms with E-state index in [-0.39, 0.29) is 0 Å². The van der Waals surface area contributed by atoms with Gasteiger partial charge in [0.05, 0.1) is 6.61 Å². The van der Waals surface area contributed by atoms with Crippen LogP contribution in [0.25, 0.3) is 0 Å². The van der Waals surface area contributed by atoms with Gasteiger partial charge in [-0.25, -0.2) is 0 Å². The van der Waals surface area contributed by atoms with Crippen LogP contribution in [-0.2, 0) is 11.3 Å². The Morgan fingerprint density at radius 1 is 1.21 bits per heavy atom. The molecule has 104 valence electrons. The van der Waals surface area contributed by atoms with E-state index >= 15 is 0 Å². The van der Waals surface area contributed by atoms with E-state index < -0.39 is 0 Å². The Labute approximate surface area is 122 Å². The molecule has 2 saturated carbocycles. The predicted molar refractivity (Wildman–Crippen MR) is 78.2 cm³/mol. The summed E-state index contributed by atoms with van der Waals surface area (Å²) in [6.45, 7) is 2.06. The molecule has 0 aliphatic heterocycles. The third-order valence-corrected chi connectivity index (χ3v) is 4.02. The van der Waals surface area contributed by atoms with Gasteiger partial charge < -0.3 is 14.8 Å². The second-order valence-corrected chi connectivity index (χ2v) is 6.40. The summed E-state index contributed by atoms with van der Waals surface area (Å²) in [5.74, 6) is 1.71. The normalized spacial score (nSPS) is 18.6. The lowest BCUT2D eigenvalue weighted by Crippen LogP contribution is -2.16. The van der Waals surface area contributed by atoms with Crippen molar-refractivity contribution in [2.75, 3.05) is 13.4 Å². The maximum Gasteiger partial charge on any atom is 0.189 e. The van der Waals surface area contributed by atoms with Gasteiger partial charge in [0.25, 0.3) is 0 Å². The average Bonchev–Trinajstić information content (AvgIpc) is 3.27. The average molecular weight is 326 g/mol. The highest BCUT2D eigenvalue weighted by Gasteiger charge is 2.22. The van der Waals surface area contributed by atoms with Crippen molar-refractivity contribution in [2.24, 2.45) is 5.92 Å². The Balaban J connectivity index is 1.51. The topological polar surface area (TPSA) is 30.5 Å². The number of hydrogen-bond donors (Lipinski definition) is 1. The first-order valence-electron chi connectivity index (χ1n) is 7.03. The summed E-state index contributed by atoms with van der Waals surface area (Å²) in [5, 5.41) is 3.52.